The number of morpholine rings is 1. The van der Waals surface area contributed by atoms with E-state index < -0.39 is 0 Å². The predicted molar refractivity (Wildman–Crippen MR) is 87.4 cm³/mol. The molecule has 1 unspecified atom stereocenters. The molecule has 5 nitrogen and oxygen atoms in total. The molecule has 1 saturated heterocycles. The second-order valence-electron chi connectivity index (χ2n) is 6.21. The zero-order valence-electron chi connectivity index (χ0n) is 13.4. The molecule has 2 aliphatic rings. The van der Waals surface area contributed by atoms with Gasteiger partial charge in [-0.25, -0.2) is 4.99 Å². The molecule has 1 aliphatic heterocycles. The molecule has 1 saturated carbocycles. The monoisotopic (exact) mass is 303 g/mol. The van der Waals surface area contributed by atoms with E-state index in [-0.39, 0.29) is 6.10 Å². The van der Waals surface area contributed by atoms with E-state index in [9.17, 15) is 0 Å². The van der Waals surface area contributed by atoms with Crippen molar-refractivity contribution in [3.8, 4) is 5.75 Å². The molecule has 1 aliphatic carbocycles. The van der Waals surface area contributed by atoms with Crippen LogP contribution in [0.3, 0.4) is 0 Å². The maximum Gasteiger partial charge on any atom is 0.191 e. The van der Waals surface area contributed by atoms with Gasteiger partial charge in [-0.05, 0) is 43.4 Å². The van der Waals surface area contributed by atoms with Gasteiger partial charge in [-0.1, -0.05) is 12.1 Å². The van der Waals surface area contributed by atoms with Crippen LogP contribution in [-0.4, -0.2) is 49.8 Å². The van der Waals surface area contributed by atoms with E-state index in [4.69, 9.17) is 20.2 Å². The Labute approximate surface area is 132 Å². The van der Waals surface area contributed by atoms with Crippen LogP contribution in [-0.2, 0) is 4.74 Å². The maximum absolute atomic E-state index is 6.15. The molecule has 2 N–H and O–H groups in total. The molecular formula is C17H25N3O2. The van der Waals surface area contributed by atoms with E-state index in [2.05, 4.69) is 24.0 Å². The molecule has 1 aromatic carbocycles. The summed E-state index contributed by atoms with van der Waals surface area (Å²) in [6, 6.07) is 8.66. The van der Waals surface area contributed by atoms with Crippen LogP contribution in [0, 0.1) is 0 Å². The standard InChI is InChI=1S/C17H25N3O2/c1-12-11-20(6-7-22-12)17(18)19-15-8-14(9-15)13-4-3-5-16(10-13)21-2/h3-5,10,12,14-15H,6-9,11H2,1-2H3,(H2,18,19). The second kappa shape index (κ2) is 6.57. The summed E-state index contributed by atoms with van der Waals surface area (Å²) < 4.78 is 10.8. The minimum atomic E-state index is 0.230. The number of nitrogens with two attached hydrogens (primary N) is 1. The third-order valence-electron chi connectivity index (χ3n) is 4.56. The Hall–Kier alpha value is -1.75. The number of methoxy groups -OCH3 is 1. The van der Waals surface area contributed by atoms with Gasteiger partial charge in [-0.2, -0.15) is 0 Å². The Balaban J connectivity index is 1.55. The van der Waals surface area contributed by atoms with Crippen LogP contribution in [0.2, 0.25) is 0 Å². The highest BCUT2D eigenvalue weighted by Crippen LogP contribution is 2.39. The van der Waals surface area contributed by atoms with Gasteiger partial charge in [0.15, 0.2) is 5.96 Å². The summed E-state index contributed by atoms with van der Waals surface area (Å²) in [5.74, 6) is 2.16. The second-order valence-corrected chi connectivity index (χ2v) is 6.21. The normalized spacial score (nSPS) is 29.1. The number of aliphatic imine (C=N–C) groups is 1. The molecule has 0 amide bonds. The molecule has 3 rings (SSSR count). The average molecular weight is 303 g/mol. The van der Waals surface area contributed by atoms with Crippen LogP contribution in [0.15, 0.2) is 29.3 Å². The molecule has 5 heteroatoms. The van der Waals surface area contributed by atoms with Crippen molar-refractivity contribution < 1.29 is 9.47 Å². The molecule has 1 aromatic rings. The quantitative estimate of drug-likeness (QED) is 0.685. The molecule has 22 heavy (non-hydrogen) atoms. The van der Waals surface area contributed by atoms with Crippen molar-refractivity contribution in [3.05, 3.63) is 29.8 Å². The minimum absolute atomic E-state index is 0.230. The Kier molecular flexibility index (Phi) is 4.52. The average Bonchev–Trinajstić information content (AvgIpc) is 2.50. The lowest BCUT2D eigenvalue weighted by molar-refractivity contribution is 0.00512. The lowest BCUT2D eigenvalue weighted by atomic mass is 9.76. The van der Waals surface area contributed by atoms with Gasteiger partial charge in [0.2, 0.25) is 0 Å². The molecular weight excluding hydrogens is 278 g/mol. The molecule has 120 valence electrons. The van der Waals surface area contributed by atoms with Crippen molar-refractivity contribution in [2.24, 2.45) is 10.7 Å². The van der Waals surface area contributed by atoms with Gasteiger partial charge in [0.1, 0.15) is 5.75 Å². The molecule has 0 radical (unpaired) electrons. The van der Waals surface area contributed by atoms with Gasteiger partial charge >= 0.3 is 0 Å². The van der Waals surface area contributed by atoms with Crippen LogP contribution in [0.25, 0.3) is 0 Å². The minimum Gasteiger partial charge on any atom is -0.497 e. The fourth-order valence-corrected chi connectivity index (χ4v) is 3.16. The summed E-state index contributed by atoms with van der Waals surface area (Å²) in [6.45, 7) is 4.48. The third kappa shape index (κ3) is 3.35. The van der Waals surface area contributed by atoms with Crippen LogP contribution in [0.5, 0.6) is 5.75 Å². The lowest BCUT2D eigenvalue weighted by Crippen LogP contribution is -2.48. The first kappa shape index (κ1) is 15.2. The summed E-state index contributed by atoms with van der Waals surface area (Å²) in [7, 11) is 1.71. The van der Waals surface area contributed by atoms with Gasteiger partial charge in [0, 0.05) is 13.1 Å². The van der Waals surface area contributed by atoms with E-state index in [0.29, 0.717) is 17.9 Å². The van der Waals surface area contributed by atoms with Crippen LogP contribution in [0.1, 0.15) is 31.2 Å². The molecule has 1 atom stereocenters. The predicted octanol–water partition coefficient (Wildman–Crippen LogP) is 1.98. The highest BCUT2D eigenvalue weighted by atomic mass is 16.5. The number of nitrogens with zero attached hydrogens (tertiary/aromatic N) is 2. The first-order valence-electron chi connectivity index (χ1n) is 7.99. The van der Waals surface area contributed by atoms with Crippen molar-refractivity contribution in [2.75, 3.05) is 26.8 Å². The van der Waals surface area contributed by atoms with E-state index >= 15 is 0 Å². The van der Waals surface area contributed by atoms with Gasteiger partial charge in [0.05, 0.1) is 25.9 Å². The zero-order valence-corrected chi connectivity index (χ0v) is 13.4. The molecule has 0 bridgehead atoms. The van der Waals surface area contributed by atoms with Gasteiger partial charge in [-0.3, -0.25) is 0 Å². The van der Waals surface area contributed by atoms with E-state index in [1.807, 2.05) is 12.1 Å². The van der Waals surface area contributed by atoms with Crippen LogP contribution < -0.4 is 10.5 Å². The van der Waals surface area contributed by atoms with Gasteiger partial charge in [-0.15, -0.1) is 0 Å². The van der Waals surface area contributed by atoms with Crippen molar-refractivity contribution in [3.63, 3.8) is 0 Å². The summed E-state index contributed by atoms with van der Waals surface area (Å²) in [6.07, 6.45) is 2.36. The highest BCUT2D eigenvalue weighted by molar-refractivity contribution is 5.78. The lowest BCUT2D eigenvalue weighted by Gasteiger charge is -2.36. The summed E-state index contributed by atoms with van der Waals surface area (Å²) in [4.78, 5) is 6.82. The number of benzene rings is 1. The Bertz CT molecular complexity index is 540. The molecule has 2 fully saturated rings. The van der Waals surface area contributed by atoms with Gasteiger partial charge < -0.3 is 20.1 Å². The third-order valence-corrected chi connectivity index (χ3v) is 4.56. The summed E-state index contributed by atoms with van der Waals surface area (Å²) in [5, 5.41) is 0. The molecule has 0 aromatic heterocycles. The Morgan fingerprint density at radius 2 is 2.23 bits per heavy atom. The fraction of sp³-hybridized carbons (Fsp3) is 0.588. The first-order chi connectivity index (χ1) is 10.7. The number of rotatable bonds is 3. The number of ether oxygens (including phenoxy) is 2. The largest absolute Gasteiger partial charge is 0.497 e. The Morgan fingerprint density at radius 1 is 1.41 bits per heavy atom. The van der Waals surface area contributed by atoms with Crippen LogP contribution in [0.4, 0.5) is 0 Å². The maximum atomic E-state index is 6.15. The summed E-state index contributed by atoms with van der Waals surface area (Å²) >= 11 is 0. The number of guanidine groups is 1. The van der Waals surface area contributed by atoms with Crippen LogP contribution >= 0.6 is 0 Å². The van der Waals surface area contributed by atoms with Crippen molar-refractivity contribution in [1.29, 1.82) is 0 Å². The number of hydrogen-bond acceptors (Lipinski definition) is 3. The zero-order chi connectivity index (χ0) is 15.5. The number of hydrogen-bond donors (Lipinski definition) is 1. The topological polar surface area (TPSA) is 60.1 Å². The van der Waals surface area contributed by atoms with Gasteiger partial charge in [0.25, 0.3) is 0 Å². The van der Waals surface area contributed by atoms with E-state index in [1.165, 1.54) is 5.56 Å². The SMILES string of the molecule is COc1cccc(C2CC(N=C(N)N3CCOC(C)C3)C2)c1. The molecule has 1 heterocycles. The van der Waals surface area contributed by atoms with E-state index in [1.54, 1.807) is 7.11 Å². The fourth-order valence-electron chi connectivity index (χ4n) is 3.16. The Morgan fingerprint density at radius 3 is 2.95 bits per heavy atom. The van der Waals surface area contributed by atoms with Crippen molar-refractivity contribution >= 4 is 5.96 Å². The van der Waals surface area contributed by atoms with E-state index in [0.717, 1.165) is 38.3 Å². The smallest absolute Gasteiger partial charge is 0.191 e. The first-order valence-corrected chi connectivity index (χ1v) is 7.99. The van der Waals surface area contributed by atoms with Crippen molar-refractivity contribution in [1.82, 2.24) is 4.90 Å². The highest BCUT2D eigenvalue weighted by Gasteiger charge is 2.31. The van der Waals surface area contributed by atoms with Crippen molar-refractivity contribution in [2.45, 2.75) is 37.8 Å². The molecule has 0 spiro atoms. The summed E-state index contributed by atoms with van der Waals surface area (Å²) in [5.41, 5.74) is 7.49.